The fourth-order valence-electron chi connectivity index (χ4n) is 3.16. The SMILES string of the molecule is CN=C(NCCCCn1ccccc1=O)NC(C)c1ccc(CC(C)C)cc1.I. The largest absolute Gasteiger partial charge is 0.356 e. The number of halogens is 1. The fourth-order valence-corrected chi connectivity index (χ4v) is 3.16. The van der Waals surface area contributed by atoms with Gasteiger partial charge >= 0.3 is 0 Å². The van der Waals surface area contributed by atoms with E-state index in [9.17, 15) is 4.79 Å². The van der Waals surface area contributed by atoms with E-state index >= 15 is 0 Å². The van der Waals surface area contributed by atoms with Gasteiger partial charge in [0.2, 0.25) is 5.56 Å². The van der Waals surface area contributed by atoms with Gasteiger partial charge in [-0.25, -0.2) is 0 Å². The lowest BCUT2D eigenvalue weighted by atomic mass is 10.00. The van der Waals surface area contributed by atoms with Gasteiger partial charge in [-0.05, 0) is 49.3 Å². The monoisotopic (exact) mass is 510 g/mol. The van der Waals surface area contributed by atoms with Crippen molar-refractivity contribution in [3.8, 4) is 0 Å². The predicted octanol–water partition coefficient (Wildman–Crippen LogP) is 4.37. The molecule has 2 aromatic rings. The first-order valence-corrected chi connectivity index (χ1v) is 10.2. The van der Waals surface area contributed by atoms with Gasteiger partial charge in [0.15, 0.2) is 5.96 Å². The minimum atomic E-state index is 0. The molecule has 1 aromatic heterocycles. The van der Waals surface area contributed by atoms with Gasteiger partial charge in [0.25, 0.3) is 0 Å². The van der Waals surface area contributed by atoms with E-state index in [1.54, 1.807) is 23.7 Å². The van der Waals surface area contributed by atoms with Gasteiger partial charge < -0.3 is 15.2 Å². The third kappa shape index (κ3) is 9.02. The van der Waals surface area contributed by atoms with Gasteiger partial charge in [-0.3, -0.25) is 9.79 Å². The number of hydrogen-bond donors (Lipinski definition) is 2. The summed E-state index contributed by atoms with van der Waals surface area (Å²) in [5, 5.41) is 6.80. The number of benzene rings is 1. The number of aliphatic imine (C=N–C) groups is 1. The van der Waals surface area contributed by atoms with Crippen LogP contribution in [0.25, 0.3) is 0 Å². The summed E-state index contributed by atoms with van der Waals surface area (Å²) in [6.45, 7) is 8.19. The highest BCUT2D eigenvalue weighted by Crippen LogP contribution is 2.15. The van der Waals surface area contributed by atoms with Crippen LogP contribution in [0.4, 0.5) is 0 Å². The molecular weight excluding hydrogens is 475 g/mol. The Hall–Kier alpha value is -1.83. The molecule has 5 nitrogen and oxygen atoms in total. The molecule has 0 aliphatic heterocycles. The Bertz CT molecular complexity index is 799. The molecule has 0 saturated carbocycles. The summed E-state index contributed by atoms with van der Waals surface area (Å²) in [5.41, 5.74) is 2.69. The molecule has 1 aromatic carbocycles. The molecule has 0 amide bonds. The molecule has 0 saturated heterocycles. The Morgan fingerprint density at radius 2 is 1.79 bits per heavy atom. The fraction of sp³-hybridized carbons (Fsp3) is 0.478. The average Bonchev–Trinajstić information content (AvgIpc) is 2.68. The molecule has 1 heterocycles. The Morgan fingerprint density at radius 1 is 1.07 bits per heavy atom. The molecule has 6 heteroatoms. The molecule has 0 aliphatic rings. The molecule has 0 spiro atoms. The van der Waals surface area contributed by atoms with Crippen LogP contribution < -0.4 is 16.2 Å². The van der Waals surface area contributed by atoms with Crippen molar-refractivity contribution in [3.05, 3.63) is 70.1 Å². The molecule has 2 N–H and O–H groups in total. The van der Waals surface area contributed by atoms with E-state index < -0.39 is 0 Å². The number of rotatable bonds is 9. The highest BCUT2D eigenvalue weighted by molar-refractivity contribution is 14.0. The second-order valence-corrected chi connectivity index (χ2v) is 7.64. The normalized spacial score (nSPS) is 12.4. The van der Waals surface area contributed by atoms with E-state index in [0.29, 0.717) is 5.92 Å². The van der Waals surface area contributed by atoms with E-state index in [-0.39, 0.29) is 35.6 Å². The number of nitrogens with zero attached hydrogens (tertiary/aromatic N) is 2. The van der Waals surface area contributed by atoms with Gasteiger partial charge in [-0.2, -0.15) is 0 Å². The molecule has 2 rings (SSSR count). The molecule has 1 unspecified atom stereocenters. The van der Waals surface area contributed by atoms with Crippen molar-refractivity contribution in [2.24, 2.45) is 10.9 Å². The van der Waals surface area contributed by atoms with E-state index in [1.807, 2.05) is 12.3 Å². The minimum Gasteiger partial charge on any atom is -0.356 e. The molecule has 1 atom stereocenters. The van der Waals surface area contributed by atoms with Crippen LogP contribution in [0.2, 0.25) is 0 Å². The summed E-state index contributed by atoms with van der Waals surface area (Å²) in [7, 11) is 1.79. The van der Waals surface area contributed by atoms with E-state index in [2.05, 4.69) is 60.7 Å². The molecule has 0 bridgehead atoms. The van der Waals surface area contributed by atoms with Crippen molar-refractivity contribution in [3.63, 3.8) is 0 Å². The number of nitrogens with one attached hydrogen (secondary N) is 2. The van der Waals surface area contributed by atoms with Crippen LogP contribution in [-0.4, -0.2) is 24.1 Å². The van der Waals surface area contributed by atoms with Crippen LogP contribution in [0, 0.1) is 5.92 Å². The van der Waals surface area contributed by atoms with Crippen LogP contribution in [0.1, 0.15) is 50.8 Å². The number of aromatic nitrogens is 1. The van der Waals surface area contributed by atoms with E-state index in [4.69, 9.17) is 0 Å². The smallest absolute Gasteiger partial charge is 0.250 e. The first-order chi connectivity index (χ1) is 13.5. The number of pyridine rings is 1. The predicted molar refractivity (Wildman–Crippen MR) is 133 cm³/mol. The lowest BCUT2D eigenvalue weighted by molar-refractivity contribution is 0.582. The van der Waals surface area contributed by atoms with Crippen molar-refractivity contribution >= 4 is 29.9 Å². The second-order valence-electron chi connectivity index (χ2n) is 7.64. The first kappa shape index (κ1) is 25.2. The van der Waals surface area contributed by atoms with Crippen molar-refractivity contribution in [2.45, 2.75) is 52.6 Å². The third-order valence-electron chi connectivity index (χ3n) is 4.72. The van der Waals surface area contributed by atoms with Crippen LogP contribution in [0.5, 0.6) is 0 Å². The van der Waals surface area contributed by atoms with Gasteiger partial charge in [0, 0.05) is 32.4 Å². The number of hydrogen-bond acceptors (Lipinski definition) is 2. The third-order valence-corrected chi connectivity index (χ3v) is 4.72. The maximum Gasteiger partial charge on any atom is 0.250 e. The Labute approximate surface area is 192 Å². The lowest BCUT2D eigenvalue weighted by Crippen LogP contribution is -2.39. The summed E-state index contributed by atoms with van der Waals surface area (Å²) < 4.78 is 1.75. The van der Waals surface area contributed by atoms with Crippen LogP contribution >= 0.6 is 24.0 Å². The Kier molecular flexibility index (Phi) is 11.7. The molecule has 0 aliphatic carbocycles. The summed E-state index contributed by atoms with van der Waals surface area (Å²) >= 11 is 0. The number of aryl methyl sites for hydroxylation is 1. The highest BCUT2D eigenvalue weighted by Gasteiger charge is 2.08. The number of guanidine groups is 1. The maximum atomic E-state index is 11.7. The number of unbranched alkanes of at least 4 members (excludes halogenated alkanes) is 1. The summed E-state index contributed by atoms with van der Waals surface area (Å²) in [6, 6.07) is 14.3. The first-order valence-electron chi connectivity index (χ1n) is 10.2. The van der Waals surface area contributed by atoms with Gasteiger partial charge in [0.05, 0.1) is 6.04 Å². The van der Waals surface area contributed by atoms with E-state index in [0.717, 1.165) is 38.3 Å². The van der Waals surface area contributed by atoms with E-state index in [1.165, 1.54) is 11.1 Å². The molecule has 0 fully saturated rings. The van der Waals surface area contributed by atoms with Crippen molar-refractivity contribution in [2.75, 3.05) is 13.6 Å². The zero-order valence-electron chi connectivity index (χ0n) is 18.0. The Balaban J connectivity index is 0.00000420. The van der Waals surface area contributed by atoms with Crippen molar-refractivity contribution in [1.82, 2.24) is 15.2 Å². The zero-order chi connectivity index (χ0) is 20.4. The zero-order valence-corrected chi connectivity index (χ0v) is 20.4. The van der Waals surface area contributed by atoms with Crippen molar-refractivity contribution in [1.29, 1.82) is 0 Å². The quantitative estimate of drug-likeness (QED) is 0.228. The second kappa shape index (κ2) is 13.4. The minimum absolute atomic E-state index is 0. The van der Waals surface area contributed by atoms with Crippen molar-refractivity contribution < 1.29 is 0 Å². The van der Waals surface area contributed by atoms with Gasteiger partial charge in [0.1, 0.15) is 0 Å². The molecule has 29 heavy (non-hydrogen) atoms. The molecule has 0 radical (unpaired) electrons. The van der Waals surface area contributed by atoms with Gasteiger partial charge in [-0.1, -0.05) is 44.2 Å². The van der Waals surface area contributed by atoms with Crippen LogP contribution in [-0.2, 0) is 13.0 Å². The summed E-state index contributed by atoms with van der Waals surface area (Å²) in [4.78, 5) is 16.0. The molecular formula is C23H35IN4O. The summed E-state index contributed by atoms with van der Waals surface area (Å²) in [6.07, 6.45) is 4.87. The topological polar surface area (TPSA) is 58.4 Å². The van der Waals surface area contributed by atoms with Crippen LogP contribution in [0.3, 0.4) is 0 Å². The Morgan fingerprint density at radius 3 is 2.41 bits per heavy atom. The van der Waals surface area contributed by atoms with Gasteiger partial charge in [-0.15, -0.1) is 24.0 Å². The highest BCUT2D eigenvalue weighted by atomic mass is 127. The summed E-state index contributed by atoms with van der Waals surface area (Å²) in [5.74, 6) is 1.47. The maximum absolute atomic E-state index is 11.7. The molecule has 160 valence electrons. The standard InChI is InChI=1S/C23H34N4O.HI/c1-18(2)17-20-10-12-21(13-11-20)19(3)26-23(24-4)25-14-6-8-16-27-15-7-5-9-22(27)28;/h5,7,9-13,15,18-19H,6,8,14,16-17H2,1-4H3,(H2,24,25,26);1H. The lowest BCUT2D eigenvalue weighted by Gasteiger charge is -2.19. The average molecular weight is 510 g/mol. The van der Waals surface area contributed by atoms with Crippen LogP contribution in [0.15, 0.2) is 58.4 Å².